The van der Waals surface area contributed by atoms with Crippen LogP contribution in [0.15, 0.2) is 60.7 Å². The third kappa shape index (κ3) is 2.68. The van der Waals surface area contributed by atoms with E-state index in [0.29, 0.717) is 0 Å². The van der Waals surface area contributed by atoms with Crippen molar-refractivity contribution in [2.24, 2.45) is 0 Å². The molecule has 0 atom stereocenters. The molecule has 0 aromatic heterocycles. The molecule has 0 nitrogen and oxygen atoms in total. The van der Waals surface area contributed by atoms with Gasteiger partial charge in [0, 0.05) is 0 Å². The molecule has 94 valence electrons. The van der Waals surface area contributed by atoms with Crippen molar-refractivity contribution in [2.75, 3.05) is 0 Å². The van der Waals surface area contributed by atoms with Crippen molar-refractivity contribution in [3.8, 4) is 0 Å². The summed E-state index contributed by atoms with van der Waals surface area (Å²) < 4.78 is -1.02. The van der Waals surface area contributed by atoms with Crippen LogP contribution in [0.3, 0.4) is 0 Å². The number of rotatable bonds is 3. The van der Waals surface area contributed by atoms with E-state index in [4.69, 9.17) is 41.6 Å². The summed E-state index contributed by atoms with van der Waals surface area (Å²) in [5.41, 5.74) is 1.66. The number of halogens is 4. The van der Waals surface area contributed by atoms with E-state index in [9.17, 15) is 0 Å². The molecule has 0 saturated carbocycles. The Morgan fingerprint density at radius 1 is 0.667 bits per heavy atom. The Hall–Kier alpha value is 0.143. The predicted octanol–water partition coefficient (Wildman–Crippen LogP) is 5.36. The molecule has 0 amide bonds. The number of hydrogen-bond acceptors (Lipinski definition) is 0. The quantitative estimate of drug-likeness (QED) is 0.496. The second kappa shape index (κ2) is 5.64. The van der Waals surface area contributed by atoms with Crippen LogP contribution in [0, 0.1) is 0 Å². The molecule has 0 radical (unpaired) electrons. The fourth-order valence-corrected chi connectivity index (χ4v) is 7.56. The summed E-state index contributed by atoms with van der Waals surface area (Å²) in [6, 6.07) is 19.0. The van der Waals surface area contributed by atoms with Gasteiger partial charge in [-0.05, 0) is 0 Å². The monoisotopic (exact) mass is 380 g/mol. The maximum absolute atomic E-state index is 6.75. The van der Waals surface area contributed by atoms with Crippen molar-refractivity contribution in [3.63, 3.8) is 0 Å². The van der Waals surface area contributed by atoms with Crippen LogP contribution in [-0.2, 0) is 3.71 Å². The van der Waals surface area contributed by atoms with Gasteiger partial charge in [-0.3, -0.25) is 0 Å². The molecule has 0 heterocycles. The Bertz CT molecular complexity index is 468. The molecule has 0 saturated heterocycles. The minimum atomic E-state index is -3.75. The van der Waals surface area contributed by atoms with Crippen molar-refractivity contribution < 1.29 is 0 Å². The number of hydrogen-bond donors (Lipinski definition) is 0. The van der Waals surface area contributed by atoms with Crippen LogP contribution >= 0.6 is 41.6 Å². The Morgan fingerprint density at radius 3 is 1.28 bits per heavy atom. The zero-order chi connectivity index (χ0) is 13.2. The molecule has 5 heteroatoms. The zero-order valence-corrected chi connectivity index (χ0v) is 14.4. The molecule has 2 rings (SSSR count). The topological polar surface area (TPSA) is 0 Å². The van der Waals surface area contributed by atoms with E-state index in [0.717, 1.165) is 11.1 Å². The van der Waals surface area contributed by atoms with E-state index in [1.807, 2.05) is 60.7 Å². The first-order valence-electron chi connectivity index (χ1n) is 5.33. The van der Waals surface area contributed by atoms with E-state index < -0.39 is 14.2 Å². The first-order chi connectivity index (χ1) is 8.46. The Kier molecular flexibility index (Phi) is 4.56. The van der Waals surface area contributed by atoms with E-state index in [2.05, 4.69) is 0 Å². The normalized spacial score (nSPS) is 12.4. The van der Waals surface area contributed by atoms with Gasteiger partial charge in [0.05, 0.1) is 0 Å². The van der Waals surface area contributed by atoms with Crippen molar-refractivity contribution >= 4 is 52.1 Å². The molecule has 0 bridgehead atoms. The van der Waals surface area contributed by atoms with Gasteiger partial charge in [-0.1, -0.05) is 0 Å². The summed E-state index contributed by atoms with van der Waals surface area (Å²) in [6.07, 6.45) is 0. The molecule has 0 unspecified atom stereocenters. The van der Waals surface area contributed by atoms with Crippen LogP contribution in [-0.4, -0.2) is 10.5 Å². The van der Waals surface area contributed by atoms with E-state index >= 15 is 0 Å². The van der Waals surface area contributed by atoms with Gasteiger partial charge in [-0.25, -0.2) is 0 Å². The van der Waals surface area contributed by atoms with Gasteiger partial charge >= 0.3 is 128 Å². The van der Waals surface area contributed by atoms with Crippen LogP contribution in [0.1, 0.15) is 11.1 Å². The van der Waals surface area contributed by atoms with Crippen LogP contribution in [0.4, 0.5) is 0 Å². The fraction of sp³-hybridized carbons (Fsp3) is 0.0769. The first kappa shape index (κ1) is 14.5. The van der Waals surface area contributed by atoms with Gasteiger partial charge in [0.25, 0.3) is 0 Å². The van der Waals surface area contributed by atoms with Crippen molar-refractivity contribution in [3.05, 3.63) is 71.8 Å². The van der Waals surface area contributed by atoms with Gasteiger partial charge in [-0.2, -0.15) is 0 Å². The fourth-order valence-electron chi connectivity index (χ4n) is 1.83. The summed E-state index contributed by atoms with van der Waals surface area (Å²) in [7, 11) is 15.1. The van der Waals surface area contributed by atoms with Crippen LogP contribution < -0.4 is 0 Å². The van der Waals surface area contributed by atoms with Gasteiger partial charge in [0.1, 0.15) is 0 Å². The predicted molar refractivity (Wildman–Crippen MR) is 82.8 cm³/mol. The van der Waals surface area contributed by atoms with Crippen LogP contribution in [0.25, 0.3) is 0 Å². The maximum atomic E-state index is 6.75. The van der Waals surface area contributed by atoms with Crippen molar-refractivity contribution in [1.82, 2.24) is 0 Å². The van der Waals surface area contributed by atoms with Gasteiger partial charge in [0.15, 0.2) is 0 Å². The standard InChI is InChI=1S/C13H10Cl4Ge/c14-13(18(15,16)17,11-7-3-1-4-8-11)12-9-5-2-6-10-12/h1-10H. The molecule has 0 aliphatic heterocycles. The molecule has 18 heavy (non-hydrogen) atoms. The third-order valence-electron chi connectivity index (χ3n) is 2.73. The molecule has 2 aromatic carbocycles. The average molecular weight is 381 g/mol. The van der Waals surface area contributed by atoms with Crippen LogP contribution in [0.2, 0.25) is 0 Å². The van der Waals surface area contributed by atoms with E-state index in [1.54, 1.807) is 0 Å². The third-order valence-corrected chi connectivity index (χ3v) is 13.4. The van der Waals surface area contributed by atoms with Crippen molar-refractivity contribution in [2.45, 2.75) is 3.71 Å². The van der Waals surface area contributed by atoms with E-state index in [-0.39, 0.29) is 0 Å². The van der Waals surface area contributed by atoms with Gasteiger partial charge in [0.2, 0.25) is 0 Å². The molecule has 0 aliphatic carbocycles. The zero-order valence-electron chi connectivity index (χ0n) is 9.29. The second-order valence-corrected chi connectivity index (χ2v) is 20.6. The Labute approximate surface area is 127 Å². The molecular formula is C13H10Cl4Ge. The summed E-state index contributed by atoms with van der Waals surface area (Å²) >= 11 is 6.75. The number of benzene rings is 2. The van der Waals surface area contributed by atoms with Crippen molar-refractivity contribution in [1.29, 1.82) is 0 Å². The molecule has 0 N–H and O–H groups in total. The van der Waals surface area contributed by atoms with E-state index in [1.165, 1.54) is 0 Å². The second-order valence-electron chi connectivity index (χ2n) is 3.89. The molecule has 2 aromatic rings. The summed E-state index contributed by atoms with van der Waals surface area (Å²) in [4.78, 5) is 0. The van der Waals surface area contributed by atoms with Gasteiger partial charge < -0.3 is 0 Å². The molecule has 0 fully saturated rings. The summed E-state index contributed by atoms with van der Waals surface area (Å²) in [5, 5.41) is 0. The Morgan fingerprint density at radius 2 is 1.00 bits per heavy atom. The SMILES string of the molecule is Cl[C](c1ccccc1)(c1ccccc1)[Ge]([Cl])([Cl])[Cl]. The minimum absolute atomic E-state index is 0.831. The molecular weight excluding hydrogens is 371 g/mol. The Balaban J connectivity index is 2.63. The first-order valence-corrected chi connectivity index (χ1v) is 15.0. The molecule has 0 spiro atoms. The molecule has 0 aliphatic rings. The summed E-state index contributed by atoms with van der Waals surface area (Å²) in [5.74, 6) is 0. The van der Waals surface area contributed by atoms with Crippen LogP contribution in [0.5, 0.6) is 0 Å². The van der Waals surface area contributed by atoms with Gasteiger partial charge in [-0.15, -0.1) is 0 Å². The summed E-state index contributed by atoms with van der Waals surface area (Å²) in [6.45, 7) is 0. The number of alkyl halides is 1. The average Bonchev–Trinajstić information content (AvgIpc) is 2.38.